The highest BCUT2D eigenvalue weighted by atomic mass is 19.1. The standard InChI is InChI=1S/C11H16FNO/c1-11(2,7-13)9-5-4-8(12)6-10(9)14-3/h4-6H,7,13H2,1-3H3. The van der Waals surface area contributed by atoms with Gasteiger partial charge in [0, 0.05) is 23.6 Å². The Labute approximate surface area is 83.9 Å². The summed E-state index contributed by atoms with van der Waals surface area (Å²) in [5, 5.41) is 0. The monoisotopic (exact) mass is 197 g/mol. The van der Waals surface area contributed by atoms with E-state index in [1.807, 2.05) is 13.8 Å². The van der Waals surface area contributed by atoms with Gasteiger partial charge in [-0.25, -0.2) is 4.39 Å². The summed E-state index contributed by atoms with van der Waals surface area (Å²) < 4.78 is 18.0. The third kappa shape index (κ3) is 2.04. The Balaban J connectivity index is 3.20. The second-order valence-electron chi connectivity index (χ2n) is 3.93. The summed E-state index contributed by atoms with van der Waals surface area (Å²) in [5.41, 5.74) is 6.39. The van der Waals surface area contributed by atoms with E-state index in [0.29, 0.717) is 12.3 Å². The van der Waals surface area contributed by atoms with E-state index < -0.39 is 0 Å². The van der Waals surface area contributed by atoms with Gasteiger partial charge in [0.25, 0.3) is 0 Å². The first-order valence-corrected chi connectivity index (χ1v) is 4.55. The number of methoxy groups -OCH3 is 1. The first-order valence-electron chi connectivity index (χ1n) is 4.55. The molecule has 78 valence electrons. The Hall–Kier alpha value is -1.09. The fourth-order valence-electron chi connectivity index (χ4n) is 1.33. The SMILES string of the molecule is COc1cc(F)ccc1C(C)(C)CN. The molecule has 0 fully saturated rings. The Kier molecular flexibility index (Phi) is 3.11. The van der Waals surface area contributed by atoms with Crippen molar-refractivity contribution in [2.45, 2.75) is 19.3 Å². The van der Waals surface area contributed by atoms with Crippen LogP contribution < -0.4 is 10.5 Å². The summed E-state index contributed by atoms with van der Waals surface area (Å²) in [6.07, 6.45) is 0. The van der Waals surface area contributed by atoms with Crippen LogP contribution in [-0.4, -0.2) is 13.7 Å². The van der Waals surface area contributed by atoms with Crippen LogP contribution in [0.15, 0.2) is 18.2 Å². The zero-order chi connectivity index (χ0) is 10.8. The molecule has 2 N–H and O–H groups in total. The average Bonchev–Trinajstić information content (AvgIpc) is 2.17. The van der Waals surface area contributed by atoms with Crippen molar-refractivity contribution in [3.05, 3.63) is 29.6 Å². The topological polar surface area (TPSA) is 35.2 Å². The molecule has 0 unspecified atom stereocenters. The Bertz CT molecular complexity index is 323. The van der Waals surface area contributed by atoms with E-state index in [4.69, 9.17) is 10.5 Å². The van der Waals surface area contributed by atoms with E-state index in [-0.39, 0.29) is 11.2 Å². The van der Waals surface area contributed by atoms with Gasteiger partial charge in [0.05, 0.1) is 7.11 Å². The van der Waals surface area contributed by atoms with Crippen molar-refractivity contribution in [1.82, 2.24) is 0 Å². The summed E-state index contributed by atoms with van der Waals surface area (Å²) in [5.74, 6) is 0.263. The summed E-state index contributed by atoms with van der Waals surface area (Å²) in [6, 6.07) is 4.53. The molecule has 0 atom stereocenters. The summed E-state index contributed by atoms with van der Waals surface area (Å²) in [7, 11) is 1.53. The van der Waals surface area contributed by atoms with E-state index >= 15 is 0 Å². The smallest absolute Gasteiger partial charge is 0.126 e. The summed E-state index contributed by atoms with van der Waals surface area (Å²) in [6.45, 7) is 4.50. The molecule has 3 heteroatoms. The number of halogens is 1. The minimum absolute atomic E-state index is 0.195. The quantitative estimate of drug-likeness (QED) is 0.805. The van der Waals surface area contributed by atoms with Crippen LogP contribution in [0.4, 0.5) is 4.39 Å². The molecule has 0 aromatic heterocycles. The minimum atomic E-state index is -0.293. The molecule has 1 aromatic carbocycles. The van der Waals surface area contributed by atoms with Gasteiger partial charge in [-0.05, 0) is 6.07 Å². The molecule has 1 rings (SSSR count). The van der Waals surface area contributed by atoms with E-state index in [2.05, 4.69) is 0 Å². The third-order valence-electron chi connectivity index (χ3n) is 2.40. The van der Waals surface area contributed by atoms with Gasteiger partial charge in [0.2, 0.25) is 0 Å². The molecule has 0 spiro atoms. The zero-order valence-electron chi connectivity index (χ0n) is 8.80. The number of benzene rings is 1. The molecule has 0 bridgehead atoms. The van der Waals surface area contributed by atoms with E-state index in [1.54, 1.807) is 6.07 Å². The van der Waals surface area contributed by atoms with Crippen LogP contribution >= 0.6 is 0 Å². The predicted molar refractivity (Wildman–Crippen MR) is 55.0 cm³/mol. The van der Waals surface area contributed by atoms with Gasteiger partial charge in [0.15, 0.2) is 0 Å². The lowest BCUT2D eigenvalue weighted by Crippen LogP contribution is -2.28. The van der Waals surface area contributed by atoms with Gasteiger partial charge in [-0.2, -0.15) is 0 Å². The second-order valence-corrected chi connectivity index (χ2v) is 3.93. The highest BCUT2D eigenvalue weighted by Gasteiger charge is 2.22. The predicted octanol–water partition coefficient (Wildman–Crippen LogP) is 2.07. The fraction of sp³-hybridized carbons (Fsp3) is 0.455. The Morgan fingerprint density at radius 1 is 1.43 bits per heavy atom. The lowest BCUT2D eigenvalue weighted by atomic mass is 9.84. The van der Waals surface area contributed by atoms with Crippen LogP contribution in [0.5, 0.6) is 5.75 Å². The molecule has 2 nitrogen and oxygen atoms in total. The molecule has 0 saturated carbocycles. The van der Waals surface area contributed by atoms with Crippen LogP contribution in [-0.2, 0) is 5.41 Å². The van der Waals surface area contributed by atoms with Crippen molar-refractivity contribution in [3.8, 4) is 5.75 Å². The molecule has 0 saturated heterocycles. The van der Waals surface area contributed by atoms with Gasteiger partial charge in [0.1, 0.15) is 11.6 Å². The normalized spacial score (nSPS) is 11.5. The highest BCUT2D eigenvalue weighted by molar-refractivity contribution is 5.39. The lowest BCUT2D eigenvalue weighted by molar-refractivity contribution is 0.390. The van der Waals surface area contributed by atoms with Gasteiger partial charge >= 0.3 is 0 Å². The van der Waals surface area contributed by atoms with Gasteiger partial charge in [-0.15, -0.1) is 0 Å². The molecule has 0 aliphatic carbocycles. The number of ether oxygens (including phenoxy) is 1. The Morgan fingerprint density at radius 3 is 2.57 bits per heavy atom. The van der Waals surface area contributed by atoms with Gasteiger partial charge in [-0.1, -0.05) is 19.9 Å². The maximum absolute atomic E-state index is 12.9. The zero-order valence-corrected chi connectivity index (χ0v) is 8.80. The maximum atomic E-state index is 12.9. The first kappa shape index (κ1) is 11.0. The fourth-order valence-corrected chi connectivity index (χ4v) is 1.33. The molecule has 14 heavy (non-hydrogen) atoms. The summed E-state index contributed by atoms with van der Waals surface area (Å²) >= 11 is 0. The number of hydrogen-bond acceptors (Lipinski definition) is 2. The minimum Gasteiger partial charge on any atom is -0.496 e. The average molecular weight is 197 g/mol. The number of hydrogen-bond donors (Lipinski definition) is 1. The first-order chi connectivity index (χ1) is 6.51. The van der Waals surface area contributed by atoms with Crippen molar-refractivity contribution in [1.29, 1.82) is 0 Å². The molecule has 0 aliphatic rings. The molecular formula is C11H16FNO. The molecule has 0 radical (unpaired) electrons. The van der Waals surface area contributed by atoms with E-state index in [1.165, 1.54) is 19.2 Å². The van der Waals surface area contributed by atoms with Crippen LogP contribution in [0.1, 0.15) is 19.4 Å². The van der Waals surface area contributed by atoms with Crippen molar-refractivity contribution >= 4 is 0 Å². The van der Waals surface area contributed by atoms with E-state index in [0.717, 1.165) is 5.56 Å². The van der Waals surface area contributed by atoms with Crippen LogP contribution in [0, 0.1) is 5.82 Å². The van der Waals surface area contributed by atoms with Gasteiger partial charge < -0.3 is 10.5 Å². The van der Waals surface area contributed by atoms with Crippen molar-refractivity contribution in [2.24, 2.45) is 5.73 Å². The molecule has 0 aliphatic heterocycles. The number of rotatable bonds is 3. The van der Waals surface area contributed by atoms with Crippen LogP contribution in [0.25, 0.3) is 0 Å². The lowest BCUT2D eigenvalue weighted by Gasteiger charge is -2.25. The van der Waals surface area contributed by atoms with Crippen molar-refractivity contribution in [3.63, 3.8) is 0 Å². The van der Waals surface area contributed by atoms with Crippen LogP contribution in [0.3, 0.4) is 0 Å². The molecule has 0 heterocycles. The maximum Gasteiger partial charge on any atom is 0.126 e. The third-order valence-corrected chi connectivity index (χ3v) is 2.40. The number of nitrogens with two attached hydrogens (primary N) is 1. The second kappa shape index (κ2) is 3.96. The van der Waals surface area contributed by atoms with E-state index in [9.17, 15) is 4.39 Å². The highest BCUT2D eigenvalue weighted by Crippen LogP contribution is 2.31. The van der Waals surface area contributed by atoms with Crippen molar-refractivity contribution < 1.29 is 9.13 Å². The molecular weight excluding hydrogens is 181 g/mol. The van der Waals surface area contributed by atoms with Crippen molar-refractivity contribution in [2.75, 3.05) is 13.7 Å². The van der Waals surface area contributed by atoms with Gasteiger partial charge in [-0.3, -0.25) is 0 Å². The summed E-state index contributed by atoms with van der Waals surface area (Å²) in [4.78, 5) is 0. The molecule has 1 aromatic rings. The largest absolute Gasteiger partial charge is 0.496 e. The Morgan fingerprint density at radius 2 is 2.07 bits per heavy atom. The molecule has 0 amide bonds. The van der Waals surface area contributed by atoms with Crippen LogP contribution in [0.2, 0.25) is 0 Å².